The fourth-order valence-corrected chi connectivity index (χ4v) is 4.41. The Labute approximate surface area is 174 Å². The minimum Gasteiger partial charge on any atom is -0.309 e. The van der Waals surface area contributed by atoms with Crippen LogP contribution >= 0.6 is 0 Å². The molecule has 0 amide bonds. The Morgan fingerprint density at radius 1 is 0.600 bits per heavy atom. The smallest absolute Gasteiger partial charge is 0.0547 e. The van der Waals surface area contributed by atoms with Crippen LogP contribution in [0, 0.1) is 0 Å². The lowest BCUT2D eigenvalue weighted by Gasteiger charge is -2.10. The summed E-state index contributed by atoms with van der Waals surface area (Å²) in [4.78, 5) is 0. The molecular weight excluding hydrogens is 362 g/mol. The summed E-state index contributed by atoms with van der Waals surface area (Å²) in [5.41, 5.74) is 8.04. The predicted octanol–water partition coefficient (Wildman–Crippen LogP) is 5.74. The lowest BCUT2D eigenvalue weighted by atomic mass is 10.0. The molecule has 0 spiro atoms. The predicted molar refractivity (Wildman–Crippen MR) is 127 cm³/mol. The second-order valence-corrected chi connectivity index (χ2v) is 7.60. The van der Waals surface area contributed by atoms with Crippen LogP contribution in [0.5, 0.6) is 0 Å². The van der Waals surface area contributed by atoms with Gasteiger partial charge >= 0.3 is 0 Å². The maximum atomic E-state index is 3.20. The second-order valence-electron chi connectivity index (χ2n) is 7.60. The van der Waals surface area contributed by atoms with Gasteiger partial charge in [-0.25, -0.2) is 0 Å². The van der Waals surface area contributed by atoms with Crippen LogP contribution < -0.4 is 10.6 Å². The normalized spacial score (nSPS) is 12.4. The van der Waals surface area contributed by atoms with E-state index in [0.29, 0.717) is 0 Å². The number of aromatic nitrogens is 1. The van der Waals surface area contributed by atoms with E-state index in [1.807, 2.05) is 12.2 Å². The van der Waals surface area contributed by atoms with Crippen LogP contribution in [0.2, 0.25) is 0 Å². The van der Waals surface area contributed by atoms with Crippen molar-refractivity contribution in [2.24, 2.45) is 0 Å². The average molecular weight is 381 g/mol. The van der Waals surface area contributed by atoms with Gasteiger partial charge in [-0.05, 0) is 70.5 Å². The summed E-state index contributed by atoms with van der Waals surface area (Å²) in [6, 6.07) is 32.6. The van der Waals surface area contributed by atoms with Crippen LogP contribution in [-0.4, -0.2) is 4.57 Å². The Bertz CT molecular complexity index is 1620. The molecule has 0 N–H and O–H groups in total. The number of para-hydroxylation sites is 1. The van der Waals surface area contributed by atoms with Gasteiger partial charge in [0.15, 0.2) is 0 Å². The molecule has 1 heteroatoms. The van der Waals surface area contributed by atoms with E-state index in [1.54, 1.807) is 0 Å². The number of allylic oxidation sites excluding steroid dienone is 1. The summed E-state index contributed by atoms with van der Waals surface area (Å²) < 4.78 is 2.35. The van der Waals surface area contributed by atoms with E-state index in [4.69, 9.17) is 0 Å². The zero-order valence-electron chi connectivity index (χ0n) is 16.4. The van der Waals surface area contributed by atoms with E-state index in [0.717, 1.165) is 5.69 Å². The van der Waals surface area contributed by atoms with Crippen LogP contribution in [0.4, 0.5) is 0 Å². The zero-order chi connectivity index (χ0) is 19.9. The fourth-order valence-electron chi connectivity index (χ4n) is 4.41. The van der Waals surface area contributed by atoms with E-state index < -0.39 is 0 Å². The lowest BCUT2D eigenvalue weighted by molar-refractivity contribution is 1.07. The van der Waals surface area contributed by atoms with E-state index in [-0.39, 0.29) is 0 Å². The Morgan fingerprint density at radius 3 is 2.37 bits per heavy atom. The van der Waals surface area contributed by atoms with Crippen molar-refractivity contribution in [2.45, 2.75) is 0 Å². The molecule has 0 saturated carbocycles. The molecule has 0 aliphatic heterocycles. The minimum atomic E-state index is 1.16. The molecule has 1 aromatic heterocycles. The zero-order valence-corrected chi connectivity index (χ0v) is 16.4. The van der Waals surface area contributed by atoms with Crippen molar-refractivity contribution in [3.05, 3.63) is 119 Å². The van der Waals surface area contributed by atoms with Crippen molar-refractivity contribution in [3.63, 3.8) is 0 Å². The number of hydrogen-bond donors (Lipinski definition) is 0. The quantitative estimate of drug-likeness (QED) is 0.344. The molecule has 5 aromatic rings. The highest BCUT2D eigenvalue weighted by molar-refractivity contribution is 5.88. The maximum absolute atomic E-state index is 3.20. The van der Waals surface area contributed by atoms with E-state index in [9.17, 15) is 0 Å². The highest BCUT2D eigenvalue weighted by Gasteiger charge is 2.10. The standard InChI is InChI=1S/C29H19N/c1-2-13-26-27-14-6-7-16-29(27)30(28(26)15-3-1)25-12-8-11-23(20-25)24-18-17-21-9-4-5-10-22(21)19-24/h2-20H. The first-order chi connectivity index (χ1) is 14.9. The molecule has 0 bridgehead atoms. The third kappa shape index (κ3) is 2.65. The van der Waals surface area contributed by atoms with Crippen LogP contribution in [0.1, 0.15) is 0 Å². The van der Waals surface area contributed by atoms with Gasteiger partial charge in [0.05, 0.1) is 10.9 Å². The first-order valence-corrected chi connectivity index (χ1v) is 10.2. The van der Waals surface area contributed by atoms with Crippen LogP contribution in [0.25, 0.3) is 50.6 Å². The minimum absolute atomic E-state index is 1.16. The molecule has 1 nitrogen and oxygen atoms in total. The summed E-state index contributed by atoms with van der Waals surface area (Å²) in [5, 5.41) is 6.22. The molecule has 6 rings (SSSR count). The molecule has 4 aromatic carbocycles. The highest BCUT2D eigenvalue weighted by Crippen LogP contribution is 2.26. The Balaban J connectivity index is 1.60. The van der Waals surface area contributed by atoms with Gasteiger partial charge in [0.25, 0.3) is 0 Å². The van der Waals surface area contributed by atoms with Gasteiger partial charge in [-0.15, -0.1) is 5.73 Å². The topological polar surface area (TPSA) is 4.93 Å². The molecule has 0 unspecified atom stereocenters. The van der Waals surface area contributed by atoms with E-state index in [1.165, 1.54) is 43.4 Å². The van der Waals surface area contributed by atoms with Crippen molar-refractivity contribution in [2.75, 3.05) is 0 Å². The van der Waals surface area contributed by atoms with Crippen LogP contribution in [0.3, 0.4) is 0 Å². The lowest BCUT2D eigenvalue weighted by Crippen LogP contribution is -2.27. The molecule has 1 heterocycles. The molecule has 0 saturated heterocycles. The van der Waals surface area contributed by atoms with E-state index in [2.05, 4.69) is 113 Å². The molecule has 140 valence electrons. The van der Waals surface area contributed by atoms with Crippen LogP contribution in [0.15, 0.2) is 109 Å². The number of fused-ring (bicyclic) bond motifs is 4. The fraction of sp³-hybridized carbons (Fsp3) is 0. The number of benzene rings is 4. The van der Waals surface area contributed by atoms with Gasteiger partial charge in [0.2, 0.25) is 0 Å². The first kappa shape index (κ1) is 16.9. The number of hydrogen-bond acceptors (Lipinski definition) is 0. The number of nitrogens with zero attached hydrogens (tertiary/aromatic N) is 1. The molecular formula is C29H19N. The van der Waals surface area contributed by atoms with Gasteiger partial charge in [0, 0.05) is 16.3 Å². The molecule has 1 aliphatic rings. The Morgan fingerprint density at radius 2 is 1.40 bits per heavy atom. The largest absolute Gasteiger partial charge is 0.309 e. The molecule has 0 fully saturated rings. The van der Waals surface area contributed by atoms with Crippen molar-refractivity contribution < 1.29 is 0 Å². The van der Waals surface area contributed by atoms with Gasteiger partial charge in [-0.3, -0.25) is 0 Å². The highest BCUT2D eigenvalue weighted by atomic mass is 15.0. The van der Waals surface area contributed by atoms with Gasteiger partial charge < -0.3 is 4.57 Å². The van der Waals surface area contributed by atoms with Crippen molar-refractivity contribution in [1.82, 2.24) is 4.57 Å². The van der Waals surface area contributed by atoms with Crippen molar-refractivity contribution >= 4 is 33.8 Å². The first-order valence-electron chi connectivity index (χ1n) is 10.2. The SMILES string of the molecule is C1=CC=c2c(n(-c3cccc(-c4ccc5ccccc5c4)c3)c3ccccc23)=CC=1. The third-order valence-electron chi connectivity index (χ3n) is 5.82. The summed E-state index contributed by atoms with van der Waals surface area (Å²) >= 11 is 0. The molecule has 0 radical (unpaired) electrons. The average Bonchev–Trinajstić information content (AvgIpc) is 2.94. The van der Waals surface area contributed by atoms with Crippen molar-refractivity contribution in [3.8, 4) is 16.8 Å². The summed E-state index contributed by atoms with van der Waals surface area (Å²) in [5.74, 6) is 0. The summed E-state index contributed by atoms with van der Waals surface area (Å²) in [6.45, 7) is 0. The molecule has 0 atom stereocenters. The van der Waals surface area contributed by atoms with Gasteiger partial charge in [-0.1, -0.05) is 66.7 Å². The maximum Gasteiger partial charge on any atom is 0.0547 e. The second kappa shape index (κ2) is 6.77. The van der Waals surface area contributed by atoms with E-state index >= 15 is 0 Å². The Hall–Kier alpha value is -4.06. The third-order valence-corrected chi connectivity index (χ3v) is 5.82. The molecule has 1 aliphatic carbocycles. The van der Waals surface area contributed by atoms with Gasteiger partial charge in [0.1, 0.15) is 0 Å². The van der Waals surface area contributed by atoms with Crippen LogP contribution in [-0.2, 0) is 0 Å². The summed E-state index contributed by atoms with van der Waals surface area (Å²) in [6.07, 6.45) is 8.29. The summed E-state index contributed by atoms with van der Waals surface area (Å²) in [7, 11) is 0. The number of rotatable bonds is 2. The van der Waals surface area contributed by atoms with Gasteiger partial charge in [-0.2, -0.15) is 0 Å². The molecule has 30 heavy (non-hydrogen) atoms. The Kier molecular flexibility index (Phi) is 3.81. The van der Waals surface area contributed by atoms with Crippen molar-refractivity contribution in [1.29, 1.82) is 0 Å². The monoisotopic (exact) mass is 381 g/mol.